The van der Waals surface area contributed by atoms with Crippen molar-refractivity contribution in [2.75, 3.05) is 14.2 Å². The van der Waals surface area contributed by atoms with Crippen molar-refractivity contribution in [1.29, 1.82) is 0 Å². The number of rotatable bonds is 5. The minimum Gasteiger partial charge on any atom is -0.497 e. The lowest BCUT2D eigenvalue weighted by atomic mass is 9.86. The molecule has 0 spiro atoms. The highest BCUT2D eigenvalue weighted by Gasteiger charge is 2.20. The molecule has 2 aromatic rings. The molecular weight excluding hydrogens is 246 g/mol. The molecule has 108 valence electrons. The molecule has 0 amide bonds. The summed E-state index contributed by atoms with van der Waals surface area (Å²) in [6.07, 6.45) is 0. The van der Waals surface area contributed by atoms with Crippen LogP contribution in [0.2, 0.25) is 0 Å². The quantitative estimate of drug-likeness (QED) is 0.880. The Hall–Kier alpha value is -1.54. The molecule has 1 N–H and O–H groups in total. The molecule has 0 bridgehead atoms. The Kier molecular flexibility index (Phi) is 4.66. The molecule has 2 rings (SSSR count). The zero-order valence-electron chi connectivity index (χ0n) is 13.1. The predicted octanol–water partition coefficient (Wildman–Crippen LogP) is 4.20. The summed E-state index contributed by atoms with van der Waals surface area (Å²) in [5.74, 6) is 2.02. The highest BCUT2D eigenvalue weighted by Crippen LogP contribution is 2.28. The number of likely N-dealkylation sites (N-methyl/N-ethyl adjacent to an activating group) is 1. The van der Waals surface area contributed by atoms with Crippen molar-refractivity contribution in [1.82, 2.24) is 5.32 Å². The van der Waals surface area contributed by atoms with Crippen LogP contribution < -0.4 is 10.1 Å². The number of methoxy groups -OCH3 is 1. The van der Waals surface area contributed by atoms with Gasteiger partial charge in [-0.1, -0.05) is 45.0 Å². The van der Waals surface area contributed by atoms with Gasteiger partial charge >= 0.3 is 0 Å². The lowest BCUT2D eigenvalue weighted by Gasteiger charge is -2.27. The number of nitrogens with one attached hydrogen (secondary N) is 1. The molecule has 0 fully saturated rings. The molecule has 2 aromatic carbocycles. The summed E-state index contributed by atoms with van der Waals surface area (Å²) in [6, 6.07) is 13.5. The normalized spacial score (nSPS) is 14.5. The first-order valence-electron chi connectivity index (χ1n) is 7.31. The van der Waals surface area contributed by atoms with Crippen LogP contribution in [0.3, 0.4) is 0 Å². The van der Waals surface area contributed by atoms with E-state index in [4.69, 9.17) is 4.74 Å². The van der Waals surface area contributed by atoms with Crippen LogP contribution in [0.25, 0.3) is 10.8 Å². The van der Waals surface area contributed by atoms with Crippen LogP contribution in [0.5, 0.6) is 5.75 Å². The molecule has 2 atom stereocenters. The van der Waals surface area contributed by atoms with Crippen molar-refractivity contribution < 1.29 is 4.74 Å². The van der Waals surface area contributed by atoms with Crippen LogP contribution in [0, 0.1) is 5.92 Å². The standard InChI is InChI=1S/C18H25NO/c1-12(2)18(19-4)13(3)14-6-7-16-11-17(20-5)9-8-15(16)10-14/h6-13,18-19H,1-5H3. The van der Waals surface area contributed by atoms with Gasteiger partial charge in [-0.15, -0.1) is 0 Å². The van der Waals surface area contributed by atoms with Crippen molar-refractivity contribution in [3.8, 4) is 5.75 Å². The van der Waals surface area contributed by atoms with E-state index < -0.39 is 0 Å². The largest absolute Gasteiger partial charge is 0.497 e. The second-order valence-electron chi connectivity index (χ2n) is 5.82. The monoisotopic (exact) mass is 271 g/mol. The van der Waals surface area contributed by atoms with Gasteiger partial charge < -0.3 is 10.1 Å². The van der Waals surface area contributed by atoms with Crippen molar-refractivity contribution in [3.63, 3.8) is 0 Å². The van der Waals surface area contributed by atoms with Gasteiger partial charge in [-0.3, -0.25) is 0 Å². The molecule has 2 heteroatoms. The van der Waals surface area contributed by atoms with Crippen molar-refractivity contribution in [2.24, 2.45) is 5.92 Å². The third-order valence-electron chi connectivity index (χ3n) is 4.19. The van der Waals surface area contributed by atoms with Crippen molar-refractivity contribution >= 4 is 10.8 Å². The number of fused-ring (bicyclic) bond motifs is 1. The molecule has 2 unspecified atom stereocenters. The van der Waals surface area contributed by atoms with Gasteiger partial charge in [0, 0.05) is 6.04 Å². The van der Waals surface area contributed by atoms with E-state index in [1.54, 1.807) is 7.11 Å². The van der Waals surface area contributed by atoms with Gasteiger partial charge in [0.15, 0.2) is 0 Å². The summed E-state index contributed by atoms with van der Waals surface area (Å²) in [7, 11) is 3.75. The Morgan fingerprint density at radius 2 is 1.60 bits per heavy atom. The maximum absolute atomic E-state index is 5.28. The van der Waals surface area contributed by atoms with Gasteiger partial charge in [-0.2, -0.15) is 0 Å². The lowest BCUT2D eigenvalue weighted by Crippen LogP contribution is -2.35. The summed E-state index contributed by atoms with van der Waals surface area (Å²) in [5, 5.41) is 5.95. The Bertz CT molecular complexity index is 577. The third kappa shape index (κ3) is 2.96. The average molecular weight is 271 g/mol. The summed E-state index contributed by atoms with van der Waals surface area (Å²) in [6.45, 7) is 6.83. The minimum atomic E-state index is 0.491. The second-order valence-corrected chi connectivity index (χ2v) is 5.82. The summed E-state index contributed by atoms with van der Waals surface area (Å²) < 4.78 is 5.28. The number of ether oxygens (including phenoxy) is 1. The summed E-state index contributed by atoms with van der Waals surface area (Å²) in [4.78, 5) is 0. The van der Waals surface area contributed by atoms with Gasteiger partial charge in [0.2, 0.25) is 0 Å². The molecule has 0 aromatic heterocycles. The predicted molar refractivity (Wildman–Crippen MR) is 86.6 cm³/mol. The fourth-order valence-corrected chi connectivity index (χ4v) is 3.02. The molecular formula is C18H25NO. The molecule has 0 aliphatic carbocycles. The zero-order valence-corrected chi connectivity index (χ0v) is 13.1. The van der Waals surface area contributed by atoms with E-state index in [0.717, 1.165) is 5.75 Å². The molecule has 0 saturated heterocycles. The Morgan fingerprint density at radius 1 is 0.950 bits per heavy atom. The number of benzene rings is 2. The van der Waals surface area contributed by atoms with E-state index in [0.29, 0.717) is 17.9 Å². The zero-order chi connectivity index (χ0) is 14.7. The van der Waals surface area contributed by atoms with Crippen LogP contribution >= 0.6 is 0 Å². The van der Waals surface area contributed by atoms with Crippen LogP contribution in [0.4, 0.5) is 0 Å². The molecule has 2 nitrogen and oxygen atoms in total. The van der Waals surface area contributed by atoms with Gasteiger partial charge in [0.05, 0.1) is 7.11 Å². The SMILES string of the molecule is CNC(C(C)C)C(C)c1ccc2cc(OC)ccc2c1. The first-order chi connectivity index (χ1) is 9.56. The molecule has 0 aliphatic heterocycles. The van der Waals surface area contributed by atoms with Gasteiger partial charge in [0.1, 0.15) is 5.75 Å². The Balaban J connectivity index is 2.36. The van der Waals surface area contributed by atoms with E-state index in [1.807, 2.05) is 13.1 Å². The Labute approximate surface area is 122 Å². The van der Waals surface area contributed by atoms with Gasteiger partial charge in [-0.05, 0) is 47.4 Å². The molecule has 0 heterocycles. The molecule has 0 saturated carbocycles. The van der Waals surface area contributed by atoms with E-state index in [2.05, 4.69) is 56.4 Å². The topological polar surface area (TPSA) is 21.3 Å². The number of hydrogen-bond acceptors (Lipinski definition) is 2. The minimum absolute atomic E-state index is 0.491. The maximum atomic E-state index is 5.28. The lowest BCUT2D eigenvalue weighted by molar-refractivity contribution is 0.376. The fourth-order valence-electron chi connectivity index (χ4n) is 3.02. The van der Waals surface area contributed by atoms with Crippen molar-refractivity contribution in [3.05, 3.63) is 42.0 Å². The molecule has 20 heavy (non-hydrogen) atoms. The Morgan fingerprint density at radius 3 is 2.20 bits per heavy atom. The van der Waals surface area contributed by atoms with Crippen LogP contribution in [0.15, 0.2) is 36.4 Å². The van der Waals surface area contributed by atoms with Crippen LogP contribution in [0.1, 0.15) is 32.3 Å². The molecule has 0 aliphatic rings. The smallest absolute Gasteiger partial charge is 0.119 e. The second kappa shape index (κ2) is 6.27. The highest BCUT2D eigenvalue weighted by atomic mass is 16.5. The van der Waals surface area contributed by atoms with Gasteiger partial charge in [0.25, 0.3) is 0 Å². The van der Waals surface area contributed by atoms with E-state index in [9.17, 15) is 0 Å². The first-order valence-corrected chi connectivity index (χ1v) is 7.31. The maximum Gasteiger partial charge on any atom is 0.119 e. The number of hydrogen-bond donors (Lipinski definition) is 1. The summed E-state index contributed by atoms with van der Waals surface area (Å²) >= 11 is 0. The fraction of sp³-hybridized carbons (Fsp3) is 0.444. The van der Waals surface area contributed by atoms with Crippen LogP contribution in [-0.2, 0) is 0 Å². The van der Waals surface area contributed by atoms with Gasteiger partial charge in [-0.25, -0.2) is 0 Å². The van der Waals surface area contributed by atoms with E-state index >= 15 is 0 Å². The first kappa shape index (κ1) is 14.9. The molecule has 0 radical (unpaired) electrons. The average Bonchev–Trinajstić information content (AvgIpc) is 2.46. The van der Waals surface area contributed by atoms with Crippen molar-refractivity contribution in [2.45, 2.75) is 32.7 Å². The van der Waals surface area contributed by atoms with E-state index in [-0.39, 0.29) is 0 Å². The third-order valence-corrected chi connectivity index (χ3v) is 4.19. The highest BCUT2D eigenvalue weighted by molar-refractivity contribution is 5.84. The summed E-state index contributed by atoms with van der Waals surface area (Å²) in [5.41, 5.74) is 1.38. The van der Waals surface area contributed by atoms with Crippen LogP contribution in [-0.4, -0.2) is 20.2 Å². The van der Waals surface area contributed by atoms with E-state index in [1.165, 1.54) is 16.3 Å².